The highest BCUT2D eigenvalue weighted by Crippen LogP contribution is 2.18. The van der Waals surface area contributed by atoms with Crippen molar-refractivity contribution in [3.05, 3.63) is 36.7 Å². The number of nitrogen functional groups attached to an aromatic ring is 1. The summed E-state index contributed by atoms with van der Waals surface area (Å²) in [5.74, 6) is 0. The number of anilines is 1. The summed E-state index contributed by atoms with van der Waals surface area (Å²) in [5, 5.41) is 0. The number of aromatic nitrogens is 1. The van der Waals surface area contributed by atoms with Crippen molar-refractivity contribution in [3.8, 4) is 0 Å². The average molecular weight is 174 g/mol. The fourth-order valence-corrected chi connectivity index (χ4v) is 0.989. The fourth-order valence-electron chi connectivity index (χ4n) is 0.989. The van der Waals surface area contributed by atoms with Crippen molar-refractivity contribution in [1.29, 1.82) is 0 Å². The van der Waals surface area contributed by atoms with Gasteiger partial charge in [0.2, 0.25) is 0 Å². The third-order valence-corrected chi connectivity index (χ3v) is 1.72. The summed E-state index contributed by atoms with van der Waals surface area (Å²) in [5.41, 5.74) is 9.90. The van der Waals surface area contributed by atoms with E-state index in [2.05, 4.69) is 18.1 Å². The van der Waals surface area contributed by atoms with Crippen LogP contribution in [0, 0.1) is 0 Å². The van der Waals surface area contributed by atoms with E-state index in [1.54, 1.807) is 0 Å². The molecule has 1 aromatic heterocycles. The molecule has 0 aliphatic heterocycles. The summed E-state index contributed by atoms with van der Waals surface area (Å²) in [6.07, 6.45) is 0. The molecule has 2 heteroatoms. The van der Waals surface area contributed by atoms with Crippen molar-refractivity contribution in [2.75, 3.05) is 5.73 Å². The van der Waals surface area contributed by atoms with Crippen LogP contribution in [0.2, 0.25) is 0 Å². The highest BCUT2D eigenvalue weighted by atomic mass is 14.7. The van der Waals surface area contributed by atoms with E-state index in [4.69, 9.17) is 5.73 Å². The van der Waals surface area contributed by atoms with E-state index < -0.39 is 0 Å². The predicted octanol–water partition coefficient (Wildman–Crippen LogP) is 2.73. The van der Waals surface area contributed by atoms with E-state index in [0.717, 1.165) is 22.5 Å². The molecule has 0 aliphatic carbocycles. The minimum Gasteiger partial charge on any atom is -0.399 e. The van der Waals surface area contributed by atoms with Gasteiger partial charge >= 0.3 is 0 Å². The first kappa shape index (κ1) is 9.52. The first-order valence-corrected chi connectivity index (χ1v) is 4.10. The molecule has 0 radical (unpaired) electrons. The molecule has 0 spiro atoms. The van der Waals surface area contributed by atoms with Crippen LogP contribution in [0.1, 0.15) is 25.2 Å². The average Bonchev–Trinajstić information content (AvgIpc) is 2.03. The Balaban J connectivity index is 3.26. The first-order chi connectivity index (χ1) is 6.00. The molecule has 0 unspecified atom stereocenters. The quantitative estimate of drug-likeness (QED) is 0.748. The molecule has 0 bridgehead atoms. The zero-order chi connectivity index (χ0) is 10.0. The van der Waals surface area contributed by atoms with Crippen molar-refractivity contribution in [2.24, 2.45) is 0 Å². The number of rotatable bonds is 2. The van der Waals surface area contributed by atoms with Crippen LogP contribution in [0.15, 0.2) is 25.3 Å². The van der Waals surface area contributed by atoms with Gasteiger partial charge in [-0.3, -0.25) is 0 Å². The Labute approximate surface area is 78.8 Å². The lowest BCUT2D eigenvalue weighted by atomic mass is 10.1. The topological polar surface area (TPSA) is 38.9 Å². The summed E-state index contributed by atoms with van der Waals surface area (Å²) in [7, 11) is 0. The summed E-state index contributed by atoms with van der Waals surface area (Å²) in [6.45, 7) is 11.5. The van der Waals surface area contributed by atoms with Gasteiger partial charge in [-0.05, 0) is 37.1 Å². The third-order valence-electron chi connectivity index (χ3n) is 1.72. The SMILES string of the molecule is C=C(C)c1cc(N)cc(C(=C)C)n1. The number of nitrogens with two attached hydrogens (primary N) is 1. The van der Waals surface area contributed by atoms with Crippen molar-refractivity contribution < 1.29 is 0 Å². The Kier molecular flexibility index (Phi) is 2.52. The van der Waals surface area contributed by atoms with E-state index >= 15 is 0 Å². The van der Waals surface area contributed by atoms with E-state index in [0.29, 0.717) is 5.69 Å². The maximum Gasteiger partial charge on any atom is 0.0680 e. The number of hydrogen-bond acceptors (Lipinski definition) is 2. The van der Waals surface area contributed by atoms with E-state index in [9.17, 15) is 0 Å². The molecule has 1 aromatic rings. The molecule has 0 amide bonds. The van der Waals surface area contributed by atoms with Crippen LogP contribution in [0.5, 0.6) is 0 Å². The highest BCUT2D eigenvalue weighted by molar-refractivity contribution is 5.67. The van der Waals surface area contributed by atoms with E-state index in [1.165, 1.54) is 0 Å². The van der Waals surface area contributed by atoms with Crippen LogP contribution < -0.4 is 5.73 Å². The molecule has 1 heterocycles. The number of nitrogens with zero attached hydrogens (tertiary/aromatic N) is 1. The number of pyridine rings is 1. The van der Waals surface area contributed by atoms with Gasteiger partial charge in [0.05, 0.1) is 11.4 Å². The first-order valence-electron chi connectivity index (χ1n) is 4.10. The van der Waals surface area contributed by atoms with Gasteiger partial charge in [0.1, 0.15) is 0 Å². The highest BCUT2D eigenvalue weighted by Gasteiger charge is 2.01. The number of allylic oxidation sites excluding steroid dienone is 2. The second-order valence-electron chi connectivity index (χ2n) is 3.23. The van der Waals surface area contributed by atoms with Gasteiger partial charge in [-0.25, -0.2) is 4.98 Å². The number of hydrogen-bond donors (Lipinski definition) is 1. The Morgan fingerprint density at radius 2 is 1.54 bits per heavy atom. The lowest BCUT2D eigenvalue weighted by Crippen LogP contribution is -1.95. The molecule has 0 saturated heterocycles. The summed E-state index contributed by atoms with van der Waals surface area (Å²) >= 11 is 0. The van der Waals surface area contributed by atoms with Crippen molar-refractivity contribution in [3.63, 3.8) is 0 Å². The van der Waals surface area contributed by atoms with Crippen LogP contribution in [0.25, 0.3) is 11.1 Å². The molecule has 0 fully saturated rings. The Bertz CT molecular complexity index is 332. The Morgan fingerprint density at radius 1 is 1.15 bits per heavy atom. The van der Waals surface area contributed by atoms with E-state index in [-0.39, 0.29) is 0 Å². The van der Waals surface area contributed by atoms with E-state index in [1.807, 2.05) is 26.0 Å². The summed E-state index contributed by atoms with van der Waals surface area (Å²) < 4.78 is 0. The largest absolute Gasteiger partial charge is 0.399 e. The summed E-state index contributed by atoms with van der Waals surface area (Å²) in [6, 6.07) is 3.63. The van der Waals surface area contributed by atoms with Crippen molar-refractivity contribution >= 4 is 16.8 Å². The normalized spacial score (nSPS) is 9.69. The van der Waals surface area contributed by atoms with Crippen LogP contribution in [-0.4, -0.2) is 4.98 Å². The molecule has 2 nitrogen and oxygen atoms in total. The van der Waals surface area contributed by atoms with Gasteiger partial charge in [-0.1, -0.05) is 13.2 Å². The van der Waals surface area contributed by atoms with Crippen LogP contribution in [-0.2, 0) is 0 Å². The van der Waals surface area contributed by atoms with Gasteiger partial charge in [-0.15, -0.1) is 0 Å². The minimum absolute atomic E-state index is 0.700. The van der Waals surface area contributed by atoms with Crippen LogP contribution >= 0.6 is 0 Å². The second-order valence-corrected chi connectivity index (χ2v) is 3.23. The predicted molar refractivity (Wildman–Crippen MR) is 58.1 cm³/mol. The van der Waals surface area contributed by atoms with Gasteiger partial charge in [-0.2, -0.15) is 0 Å². The molecule has 13 heavy (non-hydrogen) atoms. The van der Waals surface area contributed by atoms with Gasteiger partial charge in [0.25, 0.3) is 0 Å². The third kappa shape index (κ3) is 2.18. The molecule has 0 atom stereocenters. The smallest absolute Gasteiger partial charge is 0.0680 e. The molecule has 1 rings (SSSR count). The van der Waals surface area contributed by atoms with Crippen molar-refractivity contribution in [1.82, 2.24) is 4.98 Å². The van der Waals surface area contributed by atoms with Gasteiger partial charge in [0.15, 0.2) is 0 Å². The van der Waals surface area contributed by atoms with Crippen LogP contribution in [0.4, 0.5) is 5.69 Å². The standard InChI is InChI=1S/C11H14N2/c1-7(2)10-5-9(12)6-11(13-10)8(3)4/h5-6H,1,3H2,2,4H3,(H2,12,13). The zero-order valence-corrected chi connectivity index (χ0v) is 8.09. The Morgan fingerprint density at radius 3 is 1.85 bits per heavy atom. The molecular weight excluding hydrogens is 160 g/mol. The molecule has 0 aromatic carbocycles. The Hall–Kier alpha value is -1.57. The molecule has 68 valence electrons. The zero-order valence-electron chi connectivity index (χ0n) is 8.09. The second kappa shape index (κ2) is 3.44. The van der Waals surface area contributed by atoms with Crippen LogP contribution in [0.3, 0.4) is 0 Å². The van der Waals surface area contributed by atoms with Crippen molar-refractivity contribution in [2.45, 2.75) is 13.8 Å². The monoisotopic (exact) mass is 174 g/mol. The van der Waals surface area contributed by atoms with Gasteiger partial charge < -0.3 is 5.73 Å². The fraction of sp³-hybridized carbons (Fsp3) is 0.182. The van der Waals surface area contributed by atoms with Gasteiger partial charge in [0, 0.05) is 5.69 Å². The molecular formula is C11H14N2. The maximum absolute atomic E-state index is 5.71. The molecule has 2 N–H and O–H groups in total. The maximum atomic E-state index is 5.71. The molecule has 0 aliphatic rings. The minimum atomic E-state index is 0.700. The lowest BCUT2D eigenvalue weighted by Gasteiger charge is -2.05. The molecule has 0 saturated carbocycles. The summed E-state index contributed by atoms with van der Waals surface area (Å²) in [4.78, 5) is 4.35. The lowest BCUT2D eigenvalue weighted by molar-refractivity contribution is 1.23.